The van der Waals surface area contributed by atoms with Crippen molar-refractivity contribution < 1.29 is 20.2 Å². The minimum absolute atomic E-state index is 0. The summed E-state index contributed by atoms with van der Waals surface area (Å²) in [7, 11) is 0. The van der Waals surface area contributed by atoms with Gasteiger partial charge in [-0.3, -0.25) is 0 Å². The molecule has 0 fully saturated rings. The van der Waals surface area contributed by atoms with Crippen molar-refractivity contribution in [2.75, 3.05) is 6.61 Å². The fourth-order valence-electron chi connectivity index (χ4n) is 0.199. The topological polar surface area (TPSA) is 9.23 Å². The predicted octanol–water partition coefficient (Wildman–Crippen LogP) is 1.69. The molecular weight excluding hydrogens is 154 g/mol. The molecule has 0 bridgehead atoms. The van der Waals surface area contributed by atoms with Gasteiger partial charge in [0.15, 0.2) is 0 Å². The molecule has 0 saturated heterocycles. The first-order valence-electron chi connectivity index (χ1n) is 2.15. The average Bonchev–Trinajstić information content (AvgIpc) is 1.61. The molecule has 0 aliphatic heterocycles. The molecule has 0 aliphatic carbocycles. The zero-order valence-corrected chi connectivity index (χ0v) is 6.31. The summed E-state index contributed by atoms with van der Waals surface area (Å²) in [5.41, 5.74) is 0. The van der Waals surface area contributed by atoms with Gasteiger partial charge >= 0.3 is 46.5 Å². The molecule has 0 atom stereocenters. The van der Waals surface area contributed by atoms with Crippen LogP contribution >= 0.6 is 12.4 Å². The van der Waals surface area contributed by atoms with Crippen LogP contribution in [0, 0.1) is 0 Å². The second-order valence-electron chi connectivity index (χ2n) is 1.17. The van der Waals surface area contributed by atoms with Crippen LogP contribution in [0.2, 0.25) is 0 Å². The SMILES string of the molecule is CCCC[O][Mn].Cl. The van der Waals surface area contributed by atoms with Crippen molar-refractivity contribution >= 4 is 12.4 Å². The molecule has 7 heavy (non-hydrogen) atoms. The van der Waals surface area contributed by atoms with Crippen molar-refractivity contribution in [3.05, 3.63) is 0 Å². The van der Waals surface area contributed by atoms with Gasteiger partial charge in [0.2, 0.25) is 0 Å². The third-order valence-corrected chi connectivity index (χ3v) is 0.816. The van der Waals surface area contributed by atoms with Gasteiger partial charge in [-0.15, -0.1) is 12.4 Å². The van der Waals surface area contributed by atoms with Crippen molar-refractivity contribution in [1.29, 1.82) is 0 Å². The molecule has 3 heteroatoms. The summed E-state index contributed by atoms with van der Waals surface area (Å²) in [6, 6.07) is 0. The van der Waals surface area contributed by atoms with Gasteiger partial charge in [-0.2, -0.15) is 0 Å². The van der Waals surface area contributed by atoms with E-state index in [1.165, 1.54) is 6.42 Å². The van der Waals surface area contributed by atoms with Gasteiger partial charge in [0, 0.05) is 0 Å². The molecule has 0 aromatic heterocycles. The van der Waals surface area contributed by atoms with Crippen LogP contribution in [0.3, 0.4) is 0 Å². The quantitative estimate of drug-likeness (QED) is 0.456. The van der Waals surface area contributed by atoms with Crippen molar-refractivity contribution in [2.45, 2.75) is 19.8 Å². The van der Waals surface area contributed by atoms with E-state index in [0.717, 1.165) is 13.0 Å². The van der Waals surface area contributed by atoms with Crippen LogP contribution in [0.4, 0.5) is 0 Å². The van der Waals surface area contributed by atoms with E-state index in [-0.39, 0.29) is 12.4 Å². The second-order valence-corrected chi connectivity index (χ2v) is 1.51. The summed E-state index contributed by atoms with van der Waals surface area (Å²) < 4.78 is 4.59. The normalized spacial score (nSPS) is 7.71. The molecule has 0 amide bonds. The van der Waals surface area contributed by atoms with Gasteiger partial charge in [0.1, 0.15) is 0 Å². The van der Waals surface area contributed by atoms with Crippen LogP contribution in [0.25, 0.3) is 0 Å². The Hall–Kier alpha value is 0.769. The monoisotopic (exact) mass is 164 g/mol. The predicted molar refractivity (Wildman–Crippen MR) is 28.1 cm³/mol. The molecule has 0 rings (SSSR count). The molecule has 0 heterocycles. The van der Waals surface area contributed by atoms with Crippen LogP contribution in [0.15, 0.2) is 0 Å². The van der Waals surface area contributed by atoms with Crippen LogP contribution in [-0.4, -0.2) is 6.61 Å². The van der Waals surface area contributed by atoms with Crippen molar-refractivity contribution in [3.8, 4) is 0 Å². The van der Waals surface area contributed by atoms with Gasteiger partial charge in [0.25, 0.3) is 0 Å². The van der Waals surface area contributed by atoms with Crippen LogP contribution < -0.4 is 0 Å². The fraction of sp³-hybridized carbons (Fsp3) is 1.00. The van der Waals surface area contributed by atoms with E-state index in [1.54, 1.807) is 0 Å². The third-order valence-electron chi connectivity index (χ3n) is 0.575. The van der Waals surface area contributed by atoms with E-state index >= 15 is 0 Å². The molecule has 0 saturated carbocycles. The summed E-state index contributed by atoms with van der Waals surface area (Å²) in [4.78, 5) is 0. The van der Waals surface area contributed by atoms with Crippen LogP contribution in [0.5, 0.6) is 0 Å². The number of halogens is 1. The molecule has 0 aromatic rings. The fourth-order valence-corrected chi connectivity index (χ4v) is 0.369. The Bertz CT molecular complexity index is 23.7. The smallest absolute Gasteiger partial charge is 0.147 e. The Morgan fingerprint density at radius 3 is 2.29 bits per heavy atom. The number of hydrogen-bond donors (Lipinski definition) is 0. The van der Waals surface area contributed by atoms with Crippen molar-refractivity contribution in [1.82, 2.24) is 0 Å². The first-order valence-corrected chi connectivity index (χ1v) is 2.63. The van der Waals surface area contributed by atoms with Gasteiger partial charge in [0.05, 0.1) is 0 Å². The summed E-state index contributed by atoms with van der Waals surface area (Å²) in [6.07, 6.45) is 2.34. The molecule has 0 unspecified atom stereocenters. The van der Waals surface area contributed by atoms with Gasteiger partial charge in [-0.25, -0.2) is 0 Å². The number of hydrogen-bond acceptors (Lipinski definition) is 1. The van der Waals surface area contributed by atoms with E-state index in [9.17, 15) is 0 Å². The zero-order chi connectivity index (χ0) is 4.83. The Balaban J connectivity index is 0. The van der Waals surface area contributed by atoms with E-state index < -0.39 is 0 Å². The summed E-state index contributed by atoms with van der Waals surface area (Å²) in [6.45, 7) is 2.96. The Morgan fingerprint density at radius 2 is 2.14 bits per heavy atom. The summed E-state index contributed by atoms with van der Waals surface area (Å²) >= 11 is 2.85. The zero-order valence-electron chi connectivity index (χ0n) is 4.32. The minimum Gasteiger partial charge on any atom is -0.147 e. The third kappa shape index (κ3) is 10.8. The molecule has 0 aromatic carbocycles. The van der Waals surface area contributed by atoms with Gasteiger partial charge in [-0.05, 0) is 0 Å². The standard InChI is InChI=1S/C4H9O.ClH.Mn/c1-2-3-4-5;;/h2-4H2,1H3;1H;/q-1;;+1. The molecule has 46 valence electrons. The molecule has 0 N–H and O–H groups in total. The molecule has 0 aliphatic rings. The van der Waals surface area contributed by atoms with Crippen molar-refractivity contribution in [2.24, 2.45) is 0 Å². The Labute approximate surface area is 59.4 Å². The second kappa shape index (κ2) is 9.91. The summed E-state index contributed by atoms with van der Waals surface area (Å²) in [5.74, 6) is 0. The first-order chi connectivity index (χ1) is 2.91. The first kappa shape index (κ1) is 10.7. The minimum atomic E-state index is 0. The maximum Gasteiger partial charge on any atom is -0.147 e. The van der Waals surface area contributed by atoms with Crippen molar-refractivity contribution in [3.63, 3.8) is 0 Å². The number of unbranched alkanes of at least 4 members (excludes halogenated alkanes) is 1. The Morgan fingerprint density at radius 1 is 1.57 bits per heavy atom. The van der Waals surface area contributed by atoms with E-state index in [2.05, 4.69) is 27.1 Å². The van der Waals surface area contributed by atoms with E-state index in [0.29, 0.717) is 0 Å². The maximum atomic E-state index is 4.59. The van der Waals surface area contributed by atoms with E-state index in [4.69, 9.17) is 0 Å². The Kier molecular flexibility index (Phi) is 15.1. The molecule has 1 nitrogen and oxygen atoms in total. The molecule has 0 spiro atoms. The average molecular weight is 165 g/mol. The molecular formula is C4H10ClMnO. The van der Waals surface area contributed by atoms with Gasteiger partial charge in [-0.1, -0.05) is 0 Å². The van der Waals surface area contributed by atoms with Gasteiger partial charge < -0.3 is 0 Å². The molecule has 0 radical (unpaired) electrons. The van der Waals surface area contributed by atoms with Crippen LogP contribution in [0.1, 0.15) is 19.8 Å². The van der Waals surface area contributed by atoms with Crippen LogP contribution in [-0.2, 0) is 20.2 Å². The summed E-state index contributed by atoms with van der Waals surface area (Å²) in [5, 5.41) is 0. The van der Waals surface area contributed by atoms with E-state index in [1.807, 2.05) is 0 Å². The maximum absolute atomic E-state index is 4.59. The largest absolute Gasteiger partial charge is 0.147 e. The number of rotatable bonds is 3.